The Labute approximate surface area is 117 Å². The maximum Gasteiger partial charge on any atom is 0.262 e. The number of hydrogen-bond donors (Lipinski definition) is 0. The molecule has 1 aromatic rings. The second-order valence-corrected chi connectivity index (χ2v) is 5.56. The number of nitrogens with zero attached hydrogens (tertiary/aromatic N) is 1. The summed E-state index contributed by atoms with van der Waals surface area (Å²) in [6, 6.07) is 5.39. The van der Waals surface area contributed by atoms with Gasteiger partial charge in [-0.15, -0.1) is 0 Å². The topological polar surface area (TPSA) is 29.5 Å². The number of fused-ring (bicyclic) bond motifs is 1. The zero-order valence-electron chi connectivity index (χ0n) is 12.0. The van der Waals surface area contributed by atoms with E-state index in [9.17, 15) is 13.6 Å². The smallest absolute Gasteiger partial charge is 0.262 e. The predicted octanol–water partition coefficient (Wildman–Crippen LogP) is 3.30. The van der Waals surface area contributed by atoms with Gasteiger partial charge in [-0.2, -0.15) is 0 Å². The van der Waals surface area contributed by atoms with E-state index in [1.807, 2.05) is 19.9 Å². The number of benzene rings is 1. The lowest BCUT2D eigenvalue weighted by Crippen LogP contribution is -2.40. The molecule has 0 bridgehead atoms. The van der Waals surface area contributed by atoms with E-state index in [0.29, 0.717) is 11.3 Å². The third kappa shape index (κ3) is 3.26. The lowest BCUT2D eigenvalue weighted by Gasteiger charge is -2.23. The predicted molar refractivity (Wildman–Crippen MR) is 72.6 cm³/mol. The van der Waals surface area contributed by atoms with Crippen LogP contribution in [0.2, 0.25) is 0 Å². The first-order valence-corrected chi connectivity index (χ1v) is 6.72. The Balaban J connectivity index is 2.34. The van der Waals surface area contributed by atoms with Crippen molar-refractivity contribution in [3.63, 3.8) is 0 Å². The summed E-state index contributed by atoms with van der Waals surface area (Å²) in [7, 11) is 0. The Hall–Kier alpha value is -1.65. The molecule has 110 valence electrons. The first-order chi connectivity index (χ1) is 9.28. The number of ether oxygens (including phenoxy) is 1. The van der Waals surface area contributed by atoms with Crippen LogP contribution in [0.25, 0.3) is 0 Å². The zero-order valence-corrected chi connectivity index (χ0v) is 12.0. The molecule has 20 heavy (non-hydrogen) atoms. The van der Waals surface area contributed by atoms with Gasteiger partial charge in [0.15, 0.2) is 0 Å². The summed E-state index contributed by atoms with van der Waals surface area (Å²) >= 11 is 0. The van der Waals surface area contributed by atoms with Crippen molar-refractivity contribution in [3.05, 3.63) is 29.3 Å². The molecule has 2 rings (SSSR count). The molecule has 0 aromatic heterocycles. The van der Waals surface area contributed by atoms with E-state index < -0.39 is 12.5 Å². The summed E-state index contributed by atoms with van der Waals surface area (Å²) < 4.78 is 31.8. The van der Waals surface area contributed by atoms with Crippen molar-refractivity contribution in [2.45, 2.75) is 32.6 Å². The molecule has 0 spiro atoms. The Kier molecular flexibility index (Phi) is 3.97. The second-order valence-electron chi connectivity index (χ2n) is 5.56. The van der Waals surface area contributed by atoms with E-state index >= 15 is 0 Å². The molecule has 1 aliphatic rings. The standard InChI is InChI=1S/C15H19F2NO2/c1-10(2)11-4-5-13-12(8-11)14(19)18(6-7-20-13)9-15(3,16)17/h4-5,8,10H,6-7,9H2,1-3H3. The molecular weight excluding hydrogens is 264 g/mol. The monoisotopic (exact) mass is 283 g/mol. The summed E-state index contributed by atoms with van der Waals surface area (Å²) in [5.74, 6) is -2.56. The lowest BCUT2D eigenvalue weighted by molar-refractivity contribution is -0.0117. The molecule has 0 saturated carbocycles. The fourth-order valence-electron chi connectivity index (χ4n) is 2.22. The lowest BCUT2D eigenvalue weighted by atomic mass is 9.99. The molecule has 1 amide bonds. The van der Waals surface area contributed by atoms with Crippen LogP contribution < -0.4 is 4.74 Å². The Bertz CT molecular complexity index is 509. The number of halogens is 2. The minimum Gasteiger partial charge on any atom is -0.491 e. The third-order valence-corrected chi connectivity index (χ3v) is 3.28. The van der Waals surface area contributed by atoms with Crippen LogP contribution in [0.3, 0.4) is 0 Å². The van der Waals surface area contributed by atoms with Crippen LogP contribution in [0.15, 0.2) is 18.2 Å². The van der Waals surface area contributed by atoms with Gasteiger partial charge in [0, 0.05) is 6.92 Å². The van der Waals surface area contributed by atoms with Crippen molar-refractivity contribution in [3.8, 4) is 5.75 Å². The second kappa shape index (κ2) is 5.38. The number of rotatable bonds is 3. The molecule has 1 heterocycles. The molecule has 1 aliphatic heterocycles. The normalized spacial score (nSPS) is 15.9. The van der Waals surface area contributed by atoms with Crippen LogP contribution in [0.5, 0.6) is 5.75 Å². The Morgan fingerprint density at radius 1 is 1.40 bits per heavy atom. The largest absolute Gasteiger partial charge is 0.491 e. The van der Waals surface area contributed by atoms with Crippen LogP contribution in [0, 0.1) is 0 Å². The van der Waals surface area contributed by atoms with Crippen molar-refractivity contribution in [2.75, 3.05) is 19.7 Å². The molecule has 0 atom stereocenters. The fraction of sp³-hybridized carbons (Fsp3) is 0.533. The van der Waals surface area contributed by atoms with E-state index in [4.69, 9.17) is 4.74 Å². The summed E-state index contributed by atoms with van der Waals surface area (Å²) in [6.07, 6.45) is 0. The summed E-state index contributed by atoms with van der Waals surface area (Å²) in [5, 5.41) is 0. The van der Waals surface area contributed by atoms with Gasteiger partial charge in [0.1, 0.15) is 12.4 Å². The van der Waals surface area contributed by atoms with Gasteiger partial charge in [-0.3, -0.25) is 4.79 Å². The van der Waals surface area contributed by atoms with Gasteiger partial charge in [0.25, 0.3) is 11.8 Å². The number of hydrogen-bond acceptors (Lipinski definition) is 2. The minimum absolute atomic E-state index is 0.175. The average molecular weight is 283 g/mol. The number of carbonyl (C=O) groups excluding carboxylic acids is 1. The minimum atomic E-state index is -2.91. The van der Waals surface area contributed by atoms with Gasteiger partial charge >= 0.3 is 0 Å². The van der Waals surface area contributed by atoms with Crippen LogP contribution in [0.4, 0.5) is 8.78 Å². The van der Waals surface area contributed by atoms with Crippen LogP contribution >= 0.6 is 0 Å². The molecule has 0 fully saturated rings. The van der Waals surface area contributed by atoms with Crippen molar-refractivity contribution < 1.29 is 18.3 Å². The Morgan fingerprint density at radius 2 is 2.10 bits per heavy atom. The molecule has 0 radical (unpaired) electrons. The van der Waals surface area contributed by atoms with Gasteiger partial charge in [-0.25, -0.2) is 8.78 Å². The van der Waals surface area contributed by atoms with Gasteiger partial charge in [0.2, 0.25) is 0 Å². The maximum absolute atomic E-state index is 13.2. The first kappa shape index (κ1) is 14.8. The number of amides is 1. The molecular formula is C15H19F2NO2. The zero-order chi connectivity index (χ0) is 14.9. The molecule has 0 unspecified atom stereocenters. The molecule has 1 aromatic carbocycles. The van der Waals surface area contributed by atoms with E-state index in [2.05, 4.69) is 0 Å². The maximum atomic E-state index is 13.2. The van der Waals surface area contributed by atoms with Gasteiger partial charge in [-0.05, 0) is 23.6 Å². The van der Waals surface area contributed by atoms with Crippen LogP contribution in [-0.4, -0.2) is 36.4 Å². The Morgan fingerprint density at radius 3 is 2.70 bits per heavy atom. The highest BCUT2D eigenvalue weighted by Gasteiger charge is 2.31. The molecule has 0 saturated heterocycles. The van der Waals surface area contributed by atoms with E-state index in [1.54, 1.807) is 12.1 Å². The quantitative estimate of drug-likeness (QED) is 0.852. The van der Waals surface area contributed by atoms with E-state index in [-0.39, 0.29) is 25.0 Å². The van der Waals surface area contributed by atoms with Crippen molar-refractivity contribution in [1.82, 2.24) is 4.90 Å². The summed E-state index contributed by atoms with van der Waals surface area (Å²) in [4.78, 5) is 13.6. The molecule has 3 nitrogen and oxygen atoms in total. The van der Waals surface area contributed by atoms with Crippen molar-refractivity contribution in [1.29, 1.82) is 0 Å². The first-order valence-electron chi connectivity index (χ1n) is 6.72. The van der Waals surface area contributed by atoms with Gasteiger partial charge < -0.3 is 9.64 Å². The van der Waals surface area contributed by atoms with Crippen LogP contribution in [-0.2, 0) is 0 Å². The van der Waals surface area contributed by atoms with Gasteiger partial charge in [0.05, 0.1) is 18.7 Å². The molecule has 0 N–H and O–H groups in total. The van der Waals surface area contributed by atoms with Crippen LogP contribution in [0.1, 0.15) is 42.6 Å². The highest BCUT2D eigenvalue weighted by Crippen LogP contribution is 2.28. The summed E-state index contributed by atoms with van der Waals surface area (Å²) in [6.45, 7) is 4.67. The number of carbonyl (C=O) groups is 1. The van der Waals surface area contributed by atoms with E-state index in [0.717, 1.165) is 17.4 Å². The number of alkyl halides is 2. The SMILES string of the molecule is CC(C)c1ccc2c(c1)C(=O)N(CC(C)(F)F)CCO2. The highest BCUT2D eigenvalue weighted by molar-refractivity contribution is 5.97. The molecule has 0 aliphatic carbocycles. The third-order valence-electron chi connectivity index (χ3n) is 3.28. The van der Waals surface area contributed by atoms with E-state index in [1.165, 1.54) is 0 Å². The van der Waals surface area contributed by atoms with Gasteiger partial charge in [-0.1, -0.05) is 19.9 Å². The van der Waals surface area contributed by atoms with Crippen molar-refractivity contribution >= 4 is 5.91 Å². The summed E-state index contributed by atoms with van der Waals surface area (Å²) in [5.41, 5.74) is 1.36. The molecule has 5 heteroatoms. The highest BCUT2D eigenvalue weighted by atomic mass is 19.3. The van der Waals surface area contributed by atoms with Crippen molar-refractivity contribution in [2.24, 2.45) is 0 Å². The average Bonchev–Trinajstić information content (AvgIpc) is 2.48. The fourth-order valence-corrected chi connectivity index (χ4v) is 2.22.